The predicted octanol–water partition coefficient (Wildman–Crippen LogP) is -0.471. The lowest BCUT2D eigenvalue weighted by molar-refractivity contribution is 0.381. The number of rotatable bonds is 0. The zero-order chi connectivity index (χ0) is 9.61. The Morgan fingerprint density at radius 1 is 1.33 bits per heavy atom. The zero-order valence-corrected chi connectivity index (χ0v) is 6.51. The lowest BCUT2D eigenvalue weighted by Gasteiger charge is -1.81. The third kappa shape index (κ3) is 11.5. The van der Waals surface area contributed by atoms with Crippen molar-refractivity contribution in [2.24, 2.45) is 0 Å². The second-order valence-electron chi connectivity index (χ2n) is 1.52. The highest BCUT2D eigenvalue weighted by atomic mass is 32.3. The molecule has 8 heteroatoms. The monoisotopic (exact) mass is 194 g/mol. The van der Waals surface area contributed by atoms with E-state index in [-0.39, 0.29) is 5.88 Å². The molecule has 0 saturated carbocycles. The van der Waals surface area contributed by atoms with Crippen molar-refractivity contribution < 1.29 is 22.6 Å². The Bertz CT molecular complexity index is 301. The standard InChI is InChI=1S/C4H4N2O.H2O4S/c7-4-1-2-5-3-6-4;1-5(2,3)4/h1-3H,(H,5,6,7);(H2,1,2,3,4). The van der Waals surface area contributed by atoms with Crippen molar-refractivity contribution in [1.82, 2.24) is 9.97 Å². The van der Waals surface area contributed by atoms with Gasteiger partial charge in [-0.05, 0) is 0 Å². The summed E-state index contributed by atoms with van der Waals surface area (Å²) in [5.74, 6) is 0.00926. The fourth-order valence-electron chi connectivity index (χ4n) is 0.284. The molecule has 0 atom stereocenters. The number of aromatic hydroxyl groups is 1. The van der Waals surface area contributed by atoms with Crippen LogP contribution in [0.15, 0.2) is 18.6 Å². The van der Waals surface area contributed by atoms with Crippen LogP contribution >= 0.6 is 0 Å². The Hall–Kier alpha value is -1.25. The van der Waals surface area contributed by atoms with E-state index in [1.807, 2.05) is 0 Å². The van der Waals surface area contributed by atoms with Gasteiger partial charge < -0.3 is 5.11 Å². The fraction of sp³-hybridized carbons (Fsp3) is 0. The summed E-state index contributed by atoms with van der Waals surface area (Å²) in [6.45, 7) is 0. The minimum absolute atomic E-state index is 0.00926. The van der Waals surface area contributed by atoms with E-state index in [0.717, 1.165) is 0 Å². The third-order valence-electron chi connectivity index (χ3n) is 0.566. The third-order valence-corrected chi connectivity index (χ3v) is 0.566. The molecule has 0 spiro atoms. The van der Waals surface area contributed by atoms with Crippen LogP contribution in [0.2, 0.25) is 0 Å². The summed E-state index contributed by atoms with van der Waals surface area (Å²) < 4.78 is 31.6. The molecule has 0 amide bonds. The largest absolute Gasteiger partial charge is 0.493 e. The van der Waals surface area contributed by atoms with Crippen LogP contribution in [0.4, 0.5) is 0 Å². The van der Waals surface area contributed by atoms with E-state index in [4.69, 9.17) is 22.6 Å². The quantitative estimate of drug-likeness (QED) is 0.477. The molecular formula is C4H6N2O5S. The van der Waals surface area contributed by atoms with Crippen LogP contribution < -0.4 is 0 Å². The summed E-state index contributed by atoms with van der Waals surface area (Å²) in [5.41, 5.74) is 0. The second-order valence-corrected chi connectivity index (χ2v) is 2.41. The van der Waals surface area contributed by atoms with Gasteiger partial charge in [-0.1, -0.05) is 0 Å². The van der Waals surface area contributed by atoms with E-state index in [1.54, 1.807) is 0 Å². The molecule has 3 N–H and O–H groups in total. The Morgan fingerprint density at radius 2 is 1.83 bits per heavy atom. The van der Waals surface area contributed by atoms with Gasteiger partial charge in [0, 0.05) is 12.3 Å². The molecule has 0 saturated heterocycles. The first kappa shape index (κ1) is 10.8. The fourth-order valence-corrected chi connectivity index (χ4v) is 0.284. The molecule has 7 nitrogen and oxygen atoms in total. The Balaban J connectivity index is 0.000000217. The van der Waals surface area contributed by atoms with Gasteiger partial charge in [0.15, 0.2) is 0 Å². The first-order valence-corrected chi connectivity index (χ1v) is 3.94. The molecule has 0 aromatic carbocycles. The highest BCUT2D eigenvalue weighted by Gasteiger charge is 1.84. The van der Waals surface area contributed by atoms with E-state index in [0.29, 0.717) is 0 Å². The molecule has 0 aliphatic heterocycles. The highest BCUT2D eigenvalue weighted by Crippen LogP contribution is 1.94. The van der Waals surface area contributed by atoms with Crippen LogP contribution in [-0.2, 0) is 10.4 Å². The molecule has 0 aliphatic rings. The summed E-state index contributed by atoms with van der Waals surface area (Å²) >= 11 is 0. The summed E-state index contributed by atoms with van der Waals surface area (Å²) in [6.07, 6.45) is 2.76. The van der Waals surface area contributed by atoms with Crippen molar-refractivity contribution in [3.63, 3.8) is 0 Å². The summed E-state index contributed by atoms with van der Waals surface area (Å²) in [5, 5.41) is 8.48. The van der Waals surface area contributed by atoms with Crippen LogP contribution in [0.3, 0.4) is 0 Å². The summed E-state index contributed by atoms with van der Waals surface area (Å²) in [6, 6.07) is 1.42. The average Bonchev–Trinajstić information content (AvgIpc) is 1.85. The Morgan fingerprint density at radius 3 is 2.00 bits per heavy atom. The van der Waals surface area contributed by atoms with Gasteiger partial charge in [0.2, 0.25) is 5.88 Å². The van der Waals surface area contributed by atoms with Crippen LogP contribution in [0, 0.1) is 0 Å². The van der Waals surface area contributed by atoms with Gasteiger partial charge >= 0.3 is 10.4 Å². The van der Waals surface area contributed by atoms with Crippen molar-refractivity contribution in [3.8, 4) is 5.88 Å². The van der Waals surface area contributed by atoms with Crippen LogP contribution in [0.5, 0.6) is 5.88 Å². The summed E-state index contributed by atoms with van der Waals surface area (Å²) in [7, 11) is -4.67. The van der Waals surface area contributed by atoms with E-state index in [2.05, 4.69) is 9.97 Å². The zero-order valence-electron chi connectivity index (χ0n) is 5.69. The summed E-state index contributed by atoms with van der Waals surface area (Å²) in [4.78, 5) is 7.00. The predicted molar refractivity (Wildman–Crippen MR) is 37.9 cm³/mol. The molecule has 0 aliphatic carbocycles. The van der Waals surface area contributed by atoms with Gasteiger partial charge in [0.1, 0.15) is 6.33 Å². The van der Waals surface area contributed by atoms with E-state index in [9.17, 15) is 0 Å². The maximum absolute atomic E-state index is 8.74. The average molecular weight is 194 g/mol. The van der Waals surface area contributed by atoms with Crippen LogP contribution in [0.25, 0.3) is 0 Å². The van der Waals surface area contributed by atoms with Crippen LogP contribution in [0.1, 0.15) is 0 Å². The minimum atomic E-state index is -4.67. The van der Waals surface area contributed by atoms with E-state index >= 15 is 0 Å². The van der Waals surface area contributed by atoms with Crippen molar-refractivity contribution in [2.75, 3.05) is 0 Å². The maximum Gasteiger partial charge on any atom is 0.394 e. The molecule has 12 heavy (non-hydrogen) atoms. The van der Waals surface area contributed by atoms with Crippen molar-refractivity contribution in [3.05, 3.63) is 18.6 Å². The molecule has 1 heterocycles. The van der Waals surface area contributed by atoms with Gasteiger partial charge in [-0.3, -0.25) is 9.11 Å². The molecular weight excluding hydrogens is 188 g/mol. The Labute approximate surface area is 68.3 Å². The minimum Gasteiger partial charge on any atom is -0.493 e. The van der Waals surface area contributed by atoms with E-state index < -0.39 is 10.4 Å². The molecule has 0 radical (unpaired) electrons. The smallest absolute Gasteiger partial charge is 0.394 e. The Kier molecular flexibility index (Phi) is 4.11. The van der Waals surface area contributed by atoms with Gasteiger partial charge in [-0.15, -0.1) is 0 Å². The lowest BCUT2D eigenvalue weighted by Crippen LogP contribution is -1.89. The first-order valence-electron chi connectivity index (χ1n) is 2.54. The van der Waals surface area contributed by atoms with Crippen LogP contribution in [-0.4, -0.2) is 32.6 Å². The SMILES string of the molecule is O=S(=O)(O)O.Oc1ccncn1. The highest BCUT2D eigenvalue weighted by molar-refractivity contribution is 7.79. The number of nitrogens with zero attached hydrogens (tertiary/aromatic N) is 2. The normalized spacial score (nSPS) is 9.83. The number of hydrogen-bond acceptors (Lipinski definition) is 5. The molecule has 0 fully saturated rings. The van der Waals surface area contributed by atoms with Gasteiger partial charge in [0.05, 0.1) is 0 Å². The lowest BCUT2D eigenvalue weighted by atomic mass is 10.7. The molecule has 1 aromatic heterocycles. The van der Waals surface area contributed by atoms with E-state index in [1.165, 1.54) is 18.6 Å². The van der Waals surface area contributed by atoms with Crippen molar-refractivity contribution >= 4 is 10.4 Å². The van der Waals surface area contributed by atoms with Crippen molar-refractivity contribution in [2.45, 2.75) is 0 Å². The molecule has 1 rings (SSSR count). The maximum atomic E-state index is 8.74. The molecule has 1 aromatic rings. The molecule has 0 bridgehead atoms. The number of aromatic nitrogens is 2. The molecule has 0 unspecified atom stereocenters. The molecule has 68 valence electrons. The first-order chi connectivity index (χ1) is 5.39. The second kappa shape index (κ2) is 4.59. The topological polar surface area (TPSA) is 121 Å². The number of hydrogen-bond donors (Lipinski definition) is 3. The van der Waals surface area contributed by atoms with Gasteiger partial charge in [-0.2, -0.15) is 8.42 Å². The van der Waals surface area contributed by atoms with Gasteiger partial charge in [-0.25, -0.2) is 9.97 Å². The van der Waals surface area contributed by atoms with Crippen molar-refractivity contribution in [1.29, 1.82) is 0 Å². The van der Waals surface area contributed by atoms with Gasteiger partial charge in [0.25, 0.3) is 0 Å².